The van der Waals surface area contributed by atoms with Gasteiger partial charge in [-0.1, -0.05) is 110 Å². The van der Waals surface area contributed by atoms with Gasteiger partial charge < -0.3 is 9.47 Å². The molecule has 0 aliphatic carbocycles. The minimum absolute atomic E-state index is 0.0625. The number of carbonyl (C=O) groups excluding carboxylic acids is 1. The number of carbonyl (C=O) groups is 1. The number of aryl methyl sites for hydroxylation is 1. The van der Waals surface area contributed by atoms with E-state index in [2.05, 4.69) is 18.8 Å². The first-order valence-corrected chi connectivity index (χ1v) is 16.8. The molecule has 5 heteroatoms. The molecule has 43 heavy (non-hydrogen) atoms. The van der Waals surface area contributed by atoms with Crippen molar-refractivity contribution in [3.05, 3.63) is 77.7 Å². The molecule has 4 nitrogen and oxygen atoms in total. The van der Waals surface area contributed by atoms with Crippen molar-refractivity contribution in [3.8, 4) is 22.8 Å². The summed E-state index contributed by atoms with van der Waals surface area (Å²) in [6.45, 7) is 5.20. The molecule has 0 aliphatic rings. The van der Waals surface area contributed by atoms with Crippen molar-refractivity contribution in [2.45, 2.75) is 123 Å². The quantitative estimate of drug-likeness (QED) is 0.0864. The van der Waals surface area contributed by atoms with Crippen molar-refractivity contribution in [2.75, 3.05) is 6.61 Å². The highest BCUT2D eigenvalue weighted by atomic mass is 19.1. The zero-order chi connectivity index (χ0) is 30.5. The van der Waals surface area contributed by atoms with Gasteiger partial charge in [0.2, 0.25) is 0 Å². The van der Waals surface area contributed by atoms with Crippen LogP contribution in [0.1, 0.15) is 133 Å². The molecule has 0 unspecified atom stereocenters. The Morgan fingerprint density at radius 3 is 1.84 bits per heavy atom. The Hall–Kier alpha value is -3.21. The second kappa shape index (κ2) is 20.7. The highest BCUT2D eigenvalue weighted by Crippen LogP contribution is 2.24. The van der Waals surface area contributed by atoms with E-state index in [0.29, 0.717) is 0 Å². The molecule has 0 fully saturated rings. The number of halogens is 1. The summed E-state index contributed by atoms with van der Waals surface area (Å²) in [7, 11) is 0. The third-order valence-corrected chi connectivity index (χ3v) is 7.94. The molecule has 1 heterocycles. The first kappa shape index (κ1) is 34.3. The number of rotatable bonds is 22. The van der Waals surface area contributed by atoms with Crippen LogP contribution in [0.15, 0.2) is 60.8 Å². The first-order chi connectivity index (χ1) is 21.1. The van der Waals surface area contributed by atoms with Crippen LogP contribution in [0.2, 0.25) is 0 Å². The van der Waals surface area contributed by atoms with Gasteiger partial charge in [0.25, 0.3) is 0 Å². The van der Waals surface area contributed by atoms with Crippen LogP contribution in [0.5, 0.6) is 11.5 Å². The maximum atomic E-state index is 14.8. The number of benzene rings is 2. The van der Waals surface area contributed by atoms with Crippen molar-refractivity contribution in [3.63, 3.8) is 0 Å². The number of esters is 1. The van der Waals surface area contributed by atoms with Gasteiger partial charge in [0.15, 0.2) is 0 Å². The number of aromatic nitrogens is 1. The van der Waals surface area contributed by atoms with Crippen LogP contribution in [0.4, 0.5) is 4.39 Å². The van der Waals surface area contributed by atoms with Crippen LogP contribution in [-0.2, 0) is 6.42 Å². The van der Waals surface area contributed by atoms with Crippen molar-refractivity contribution in [2.24, 2.45) is 0 Å². The normalized spacial score (nSPS) is 11.0. The zero-order valence-electron chi connectivity index (χ0n) is 26.6. The number of ether oxygens (including phenoxy) is 2. The standard InChI is InChI=1S/C38H52FNO3/c1-3-5-7-9-11-12-13-14-15-17-19-31-20-26-35(36(39)29-31)38(41)43-34-25-27-37(40-30-34)32-21-23-33(24-22-32)42-28-18-16-10-8-6-4-2/h20-27,29-30H,3-19,28H2,1-2H3. The van der Waals surface area contributed by atoms with Crippen molar-refractivity contribution in [1.29, 1.82) is 0 Å². The van der Waals surface area contributed by atoms with Crippen LogP contribution in [0, 0.1) is 5.82 Å². The van der Waals surface area contributed by atoms with Gasteiger partial charge in [0, 0.05) is 5.56 Å². The largest absolute Gasteiger partial charge is 0.494 e. The molecule has 0 spiro atoms. The smallest absolute Gasteiger partial charge is 0.346 e. The van der Waals surface area contributed by atoms with E-state index < -0.39 is 11.8 Å². The Morgan fingerprint density at radius 2 is 1.26 bits per heavy atom. The third kappa shape index (κ3) is 13.3. The molecule has 0 saturated heterocycles. The molecule has 3 aromatic rings. The summed E-state index contributed by atoms with van der Waals surface area (Å²) in [4.78, 5) is 17.1. The Morgan fingerprint density at radius 1 is 0.674 bits per heavy atom. The predicted octanol–water partition coefficient (Wildman–Crippen LogP) is 11.3. The van der Waals surface area contributed by atoms with Gasteiger partial charge in [-0.2, -0.15) is 0 Å². The maximum Gasteiger partial charge on any atom is 0.346 e. The Bertz CT molecular complexity index is 1180. The number of hydrogen-bond acceptors (Lipinski definition) is 4. The highest BCUT2D eigenvalue weighted by molar-refractivity contribution is 5.91. The number of pyridine rings is 1. The van der Waals surface area contributed by atoms with Crippen LogP contribution < -0.4 is 9.47 Å². The Kier molecular flexibility index (Phi) is 16.5. The minimum Gasteiger partial charge on any atom is -0.494 e. The molecule has 0 atom stereocenters. The summed E-state index contributed by atoms with van der Waals surface area (Å²) in [5.41, 5.74) is 2.55. The molecule has 0 aliphatic heterocycles. The van der Waals surface area contributed by atoms with E-state index in [0.717, 1.165) is 54.9 Å². The molecule has 2 aromatic carbocycles. The summed E-state index contributed by atoms with van der Waals surface area (Å²) >= 11 is 0. The molecular weight excluding hydrogens is 537 g/mol. The van der Waals surface area contributed by atoms with E-state index in [-0.39, 0.29) is 11.3 Å². The molecule has 1 aromatic heterocycles. The lowest BCUT2D eigenvalue weighted by Gasteiger charge is -2.09. The monoisotopic (exact) mass is 589 g/mol. The van der Waals surface area contributed by atoms with Crippen molar-refractivity contribution >= 4 is 5.97 Å². The van der Waals surface area contributed by atoms with Gasteiger partial charge in [-0.15, -0.1) is 0 Å². The molecule has 234 valence electrons. The van der Waals surface area contributed by atoms with Crippen molar-refractivity contribution < 1.29 is 18.7 Å². The van der Waals surface area contributed by atoms with E-state index in [4.69, 9.17) is 9.47 Å². The van der Waals surface area contributed by atoms with Gasteiger partial charge in [-0.25, -0.2) is 9.18 Å². The van der Waals surface area contributed by atoms with Crippen LogP contribution >= 0.6 is 0 Å². The molecule has 0 radical (unpaired) electrons. The molecule has 0 amide bonds. The van der Waals surface area contributed by atoms with E-state index in [1.807, 2.05) is 30.3 Å². The first-order valence-electron chi connectivity index (χ1n) is 16.8. The van der Waals surface area contributed by atoms with Crippen LogP contribution in [0.3, 0.4) is 0 Å². The minimum atomic E-state index is -0.718. The van der Waals surface area contributed by atoms with E-state index in [1.165, 1.54) is 102 Å². The average Bonchev–Trinajstić information content (AvgIpc) is 3.02. The Labute approximate surface area is 259 Å². The van der Waals surface area contributed by atoms with Crippen LogP contribution in [0.25, 0.3) is 11.3 Å². The molecule has 3 rings (SSSR count). The highest BCUT2D eigenvalue weighted by Gasteiger charge is 2.15. The maximum absolute atomic E-state index is 14.8. The lowest BCUT2D eigenvalue weighted by atomic mass is 10.0. The van der Waals surface area contributed by atoms with Gasteiger partial charge in [-0.05, 0) is 73.4 Å². The summed E-state index contributed by atoms with van der Waals surface area (Å²) in [6, 6.07) is 16.1. The summed E-state index contributed by atoms with van der Waals surface area (Å²) in [5.74, 6) is -0.136. The average molecular weight is 590 g/mol. The lowest BCUT2D eigenvalue weighted by molar-refractivity contribution is 0.0729. The summed E-state index contributed by atoms with van der Waals surface area (Å²) in [5, 5.41) is 0. The molecule has 0 N–H and O–H groups in total. The van der Waals surface area contributed by atoms with E-state index in [1.54, 1.807) is 12.1 Å². The molecular formula is C38H52FNO3. The third-order valence-electron chi connectivity index (χ3n) is 7.94. The summed E-state index contributed by atoms with van der Waals surface area (Å²) in [6.07, 6.45) is 22.4. The van der Waals surface area contributed by atoms with Gasteiger partial charge >= 0.3 is 5.97 Å². The van der Waals surface area contributed by atoms with Gasteiger partial charge in [-0.3, -0.25) is 4.98 Å². The SMILES string of the molecule is CCCCCCCCCCCCc1ccc(C(=O)Oc2ccc(-c3ccc(OCCCCCCCC)cc3)nc2)c(F)c1. The number of hydrogen-bond donors (Lipinski definition) is 0. The van der Waals surface area contributed by atoms with Crippen molar-refractivity contribution in [1.82, 2.24) is 4.98 Å². The van der Waals surface area contributed by atoms with Gasteiger partial charge in [0.1, 0.15) is 17.3 Å². The zero-order valence-corrected chi connectivity index (χ0v) is 26.6. The number of nitrogens with zero attached hydrogens (tertiary/aromatic N) is 1. The second-order valence-electron chi connectivity index (χ2n) is 11.7. The fraction of sp³-hybridized carbons (Fsp3) is 0.526. The van der Waals surface area contributed by atoms with E-state index >= 15 is 0 Å². The number of unbranched alkanes of at least 4 members (excludes halogenated alkanes) is 14. The van der Waals surface area contributed by atoms with Crippen LogP contribution in [-0.4, -0.2) is 17.6 Å². The Balaban J connectivity index is 1.38. The molecule has 0 bridgehead atoms. The predicted molar refractivity (Wildman–Crippen MR) is 175 cm³/mol. The topological polar surface area (TPSA) is 48.4 Å². The second-order valence-corrected chi connectivity index (χ2v) is 11.7. The fourth-order valence-electron chi connectivity index (χ4n) is 5.26. The summed E-state index contributed by atoms with van der Waals surface area (Å²) < 4.78 is 26.0. The van der Waals surface area contributed by atoms with Gasteiger partial charge in [0.05, 0.1) is 24.1 Å². The molecule has 0 saturated carbocycles. The van der Waals surface area contributed by atoms with E-state index in [9.17, 15) is 9.18 Å². The lowest BCUT2D eigenvalue weighted by Crippen LogP contribution is -2.11. The fourth-order valence-corrected chi connectivity index (χ4v) is 5.26.